The first-order chi connectivity index (χ1) is 7.21. The van der Waals surface area contributed by atoms with E-state index in [1.807, 2.05) is 0 Å². The predicted molar refractivity (Wildman–Crippen MR) is 59.9 cm³/mol. The molecule has 1 aromatic rings. The molecule has 0 atom stereocenters. The lowest BCUT2D eigenvalue weighted by Crippen LogP contribution is -2.40. The third-order valence-corrected chi connectivity index (χ3v) is 4.02. The lowest BCUT2D eigenvalue weighted by molar-refractivity contribution is 0.160. The number of hydrogen-bond donors (Lipinski definition) is 1. The number of nitrogens with zero attached hydrogens (tertiary/aromatic N) is 2. The van der Waals surface area contributed by atoms with E-state index in [1.165, 1.54) is 36.5 Å². The topological polar surface area (TPSA) is 29.9 Å². The Kier molecular flexibility index (Phi) is 1.93. The zero-order valence-corrected chi connectivity index (χ0v) is 9.64. The average Bonchev–Trinajstić information content (AvgIpc) is 2.51. The summed E-state index contributed by atoms with van der Waals surface area (Å²) in [5, 5.41) is 3.39. The van der Waals surface area contributed by atoms with Gasteiger partial charge in [0, 0.05) is 30.7 Å². The van der Waals surface area contributed by atoms with Crippen molar-refractivity contribution < 1.29 is 0 Å². The van der Waals surface area contributed by atoms with Crippen LogP contribution in [0.2, 0.25) is 0 Å². The van der Waals surface area contributed by atoms with Gasteiger partial charge in [-0.2, -0.15) is 0 Å². The lowest BCUT2D eigenvalue weighted by atomic mass is 9.78. The van der Waals surface area contributed by atoms with Gasteiger partial charge in [-0.05, 0) is 33.1 Å². The van der Waals surface area contributed by atoms with Crippen molar-refractivity contribution >= 4 is 0 Å². The molecule has 1 N–H and O–H groups in total. The summed E-state index contributed by atoms with van der Waals surface area (Å²) >= 11 is 0. The first-order valence-electron chi connectivity index (χ1n) is 5.99. The van der Waals surface area contributed by atoms with Crippen LogP contribution in [-0.2, 0) is 18.5 Å². The molecule has 0 aromatic carbocycles. The summed E-state index contributed by atoms with van der Waals surface area (Å²) in [4.78, 5) is 4.70. The van der Waals surface area contributed by atoms with Crippen LogP contribution in [-0.4, -0.2) is 16.1 Å². The standard InChI is InChI=1S/C12H19N3/c1-9-14-10-8-13-7-4-11(10)15(9)12(2)5-3-6-12/h13H,3-8H2,1-2H3. The maximum Gasteiger partial charge on any atom is 0.106 e. The van der Waals surface area contributed by atoms with Gasteiger partial charge in [0.05, 0.1) is 5.69 Å². The van der Waals surface area contributed by atoms with Crippen molar-refractivity contribution in [2.75, 3.05) is 6.54 Å². The summed E-state index contributed by atoms with van der Waals surface area (Å²) in [6.45, 7) is 6.60. The number of hydrogen-bond acceptors (Lipinski definition) is 2. The molecule has 1 saturated carbocycles. The predicted octanol–water partition coefficient (Wildman–Crippen LogP) is 1.74. The van der Waals surface area contributed by atoms with Crippen molar-refractivity contribution in [2.24, 2.45) is 0 Å². The molecule has 0 unspecified atom stereocenters. The Labute approximate surface area is 90.9 Å². The van der Waals surface area contributed by atoms with Crippen LogP contribution in [0.1, 0.15) is 43.4 Å². The van der Waals surface area contributed by atoms with Crippen LogP contribution in [0.15, 0.2) is 0 Å². The highest BCUT2D eigenvalue weighted by Gasteiger charge is 2.37. The van der Waals surface area contributed by atoms with E-state index in [0.29, 0.717) is 5.54 Å². The van der Waals surface area contributed by atoms with Gasteiger partial charge in [0.1, 0.15) is 5.82 Å². The van der Waals surface area contributed by atoms with Crippen LogP contribution < -0.4 is 5.32 Å². The van der Waals surface area contributed by atoms with E-state index in [1.54, 1.807) is 0 Å². The Morgan fingerprint density at radius 3 is 2.87 bits per heavy atom. The van der Waals surface area contributed by atoms with Gasteiger partial charge in [-0.15, -0.1) is 0 Å². The van der Waals surface area contributed by atoms with Crippen LogP contribution in [0, 0.1) is 6.92 Å². The zero-order valence-electron chi connectivity index (χ0n) is 9.64. The highest BCUT2D eigenvalue weighted by molar-refractivity contribution is 5.23. The van der Waals surface area contributed by atoms with Crippen molar-refractivity contribution in [3.05, 3.63) is 17.2 Å². The first kappa shape index (κ1) is 9.40. The van der Waals surface area contributed by atoms with E-state index in [-0.39, 0.29) is 0 Å². The van der Waals surface area contributed by atoms with E-state index in [9.17, 15) is 0 Å². The molecule has 3 nitrogen and oxygen atoms in total. The van der Waals surface area contributed by atoms with Gasteiger partial charge >= 0.3 is 0 Å². The molecule has 0 spiro atoms. The number of fused-ring (bicyclic) bond motifs is 1. The van der Waals surface area contributed by atoms with E-state index < -0.39 is 0 Å². The molecular weight excluding hydrogens is 186 g/mol. The molecule has 0 radical (unpaired) electrons. The number of rotatable bonds is 1. The monoisotopic (exact) mass is 205 g/mol. The fraction of sp³-hybridized carbons (Fsp3) is 0.750. The maximum absolute atomic E-state index is 4.70. The Hall–Kier alpha value is -0.830. The minimum atomic E-state index is 0.377. The molecule has 2 aliphatic rings. The van der Waals surface area contributed by atoms with Gasteiger partial charge in [0.15, 0.2) is 0 Å². The molecule has 1 aliphatic carbocycles. The van der Waals surface area contributed by atoms with Gasteiger partial charge in [0.25, 0.3) is 0 Å². The molecule has 82 valence electrons. The number of nitrogens with one attached hydrogen (secondary N) is 1. The fourth-order valence-corrected chi connectivity index (χ4v) is 3.07. The Balaban J connectivity index is 2.09. The van der Waals surface area contributed by atoms with Crippen molar-refractivity contribution in [1.29, 1.82) is 0 Å². The van der Waals surface area contributed by atoms with Gasteiger partial charge in [-0.1, -0.05) is 0 Å². The summed E-state index contributed by atoms with van der Waals surface area (Å²) in [5.41, 5.74) is 3.16. The van der Waals surface area contributed by atoms with Crippen LogP contribution in [0.3, 0.4) is 0 Å². The second kappa shape index (κ2) is 3.08. The van der Waals surface area contributed by atoms with Crippen LogP contribution >= 0.6 is 0 Å². The Morgan fingerprint density at radius 2 is 2.20 bits per heavy atom. The van der Waals surface area contributed by atoms with E-state index in [0.717, 1.165) is 19.5 Å². The molecule has 0 bridgehead atoms. The Morgan fingerprint density at radius 1 is 1.40 bits per heavy atom. The normalized spacial score (nSPS) is 23.3. The highest BCUT2D eigenvalue weighted by Crippen LogP contribution is 2.41. The minimum Gasteiger partial charge on any atom is -0.326 e. The molecule has 1 fully saturated rings. The Bertz CT molecular complexity index is 388. The maximum atomic E-state index is 4.70. The molecule has 1 aromatic heterocycles. The first-order valence-corrected chi connectivity index (χ1v) is 5.99. The van der Waals surface area contributed by atoms with Gasteiger partial charge in [-0.25, -0.2) is 4.98 Å². The van der Waals surface area contributed by atoms with Crippen LogP contribution in [0.4, 0.5) is 0 Å². The molecule has 15 heavy (non-hydrogen) atoms. The van der Waals surface area contributed by atoms with Crippen molar-refractivity contribution in [2.45, 2.75) is 51.6 Å². The molecule has 2 heterocycles. The molecule has 0 saturated heterocycles. The third-order valence-electron chi connectivity index (χ3n) is 4.02. The largest absolute Gasteiger partial charge is 0.326 e. The van der Waals surface area contributed by atoms with Gasteiger partial charge in [-0.3, -0.25) is 0 Å². The summed E-state index contributed by atoms with van der Waals surface area (Å²) in [7, 11) is 0. The average molecular weight is 205 g/mol. The molecule has 0 amide bonds. The lowest BCUT2D eigenvalue weighted by Gasteiger charge is -2.42. The van der Waals surface area contributed by atoms with Gasteiger partial charge < -0.3 is 9.88 Å². The minimum absolute atomic E-state index is 0.377. The highest BCUT2D eigenvalue weighted by atomic mass is 15.2. The van der Waals surface area contributed by atoms with Crippen molar-refractivity contribution in [3.8, 4) is 0 Å². The molecule has 3 heteroatoms. The summed E-state index contributed by atoms with van der Waals surface area (Å²) < 4.78 is 2.52. The summed E-state index contributed by atoms with van der Waals surface area (Å²) in [6.07, 6.45) is 5.17. The van der Waals surface area contributed by atoms with Gasteiger partial charge in [0.2, 0.25) is 0 Å². The van der Waals surface area contributed by atoms with Crippen molar-refractivity contribution in [3.63, 3.8) is 0 Å². The number of aryl methyl sites for hydroxylation is 1. The molecule has 3 rings (SSSR count). The number of aromatic nitrogens is 2. The number of imidazole rings is 1. The van der Waals surface area contributed by atoms with E-state index >= 15 is 0 Å². The zero-order chi connectivity index (χ0) is 10.5. The smallest absolute Gasteiger partial charge is 0.106 e. The van der Waals surface area contributed by atoms with E-state index in [4.69, 9.17) is 4.98 Å². The fourth-order valence-electron chi connectivity index (χ4n) is 3.07. The van der Waals surface area contributed by atoms with E-state index in [2.05, 4.69) is 23.7 Å². The summed E-state index contributed by atoms with van der Waals surface area (Å²) in [5.74, 6) is 1.21. The quantitative estimate of drug-likeness (QED) is 0.756. The second-order valence-electron chi connectivity index (χ2n) is 5.17. The van der Waals surface area contributed by atoms with Crippen LogP contribution in [0.5, 0.6) is 0 Å². The summed E-state index contributed by atoms with van der Waals surface area (Å²) in [6, 6.07) is 0. The van der Waals surface area contributed by atoms with Crippen LogP contribution in [0.25, 0.3) is 0 Å². The van der Waals surface area contributed by atoms with Crippen molar-refractivity contribution in [1.82, 2.24) is 14.9 Å². The SMILES string of the molecule is Cc1nc2c(n1C1(C)CCC1)CCNC2. The second-order valence-corrected chi connectivity index (χ2v) is 5.17. The molecular formula is C12H19N3. The molecule has 1 aliphatic heterocycles. The third kappa shape index (κ3) is 1.26.